The van der Waals surface area contributed by atoms with Crippen LogP contribution in [0.5, 0.6) is 11.5 Å². The van der Waals surface area contributed by atoms with Gasteiger partial charge in [0.25, 0.3) is 0 Å². The van der Waals surface area contributed by atoms with Crippen LogP contribution in [0, 0.1) is 6.92 Å². The van der Waals surface area contributed by atoms with Gasteiger partial charge < -0.3 is 14.8 Å². The maximum Gasteiger partial charge on any atom is 0.167 e. The Balaban J connectivity index is 2.23. The molecule has 0 aliphatic heterocycles. The highest BCUT2D eigenvalue weighted by atomic mass is 79.9. The van der Waals surface area contributed by atoms with Crippen LogP contribution in [0.25, 0.3) is 0 Å². The van der Waals surface area contributed by atoms with E-state index in [0.29, 0.717) is 12.6 Å². The van der Waals surface area contributed by atoms with E-state index in [9.17, 15) is 0 Å². The second kappa shape index (κ2) is 8.37. The van der Waals surface area contributed by atoms with Crippen LogP contribution in [-0.2, 0) is 13.2 Å². The Hall–Kier alpha value is -1.52. The van der Waals surface area contributed by atoms with Gasteiger partial charge in [0.05, 0.1) is 7.11 Å². The zero-order chi connectivity index (χ0) is 16.8. The number of rotatable bonds is 7. The van der Waals surface area contributed by atoms with Crippen molar-refractivity contribution in [2.24, 2.45) is 0 Å². The number of methoxy groups -OCH3 is 1. The number of ether oxygens (including phenoxy) is 2. The molecule has 0 radical (unpaired) electrons. The third-order valence-electron chi connectivity index (χ3n) is 3.58. The summed E-state index contributed by atoms with van der Waals surface area (Å²) in [6.45, 7) is 7.57. The molecule has 0 bridgehead atoms. The summed E-state index contributed by atoms with van der Waals surface area (Å²) in [6.07, 6.45) is 0. The first-order chi connectivity index (χ1) is 11.0. The van der Waals surface area contributed by atoms with Crippen molar-refractivity contribution in [3.05, 3.63) is 57.6 Å². The number of aryl methyl sites for hydroxylation is 1. The molecule has 0 unspecified atom stereocenters. The second-order valence-corrected chi connectivity index (χ2v) is 6.72. The first kappa shape index (κ1) is 17.8. The van der Waals surface area contributed by atoms with Gasteiger partial charge in [0.1, 0.15) is 6.61 Å². The molecule has 23 heavy (non-hydrogen) atoms. The van der Waals surface area contributed by atoms with E-state index >= 15 is 0 Å². The molecule has 2 aromatic carbocycles. The van der Waals surface area contributed by atoms with Crippen LogP contribution < -0.4 is 14.8 Å². The molecular weight excluding hydrogens is 354 g/mol. The number of halogens is 1. The van der Waals surface area contributed by atoms with Crippen molar-refractivity contribution in [2.75, 3.05) is 7.11 Å². The van der Waals surface area contributed by atoms with E-state index in [1.165, 1.54) is 5.56 Å². The summed E-state index contributed by atoms with van der Waals surface area (Å²) in [6, 6.07) is 12.7. The fourth-order valence-electron chi connectivity index (χ4n) is 2.21. The maximum atomic E-state index is 6.10. The lowest BCUT2D eigenvalue weighted by Crippen LogP contribution is -2.22. The van der Waals surface area contributed by atoms with Crippen LogP contribution in [-0.4, -0.2) is 13.2 Å². The normalized spacial score (nSPS) is 10.9. The number of nitrogens with one attached hydrogen (secondary N) is 1. The molecule has 0 aromatic heterocycles. The topological polar surface area (TPSA) is 30.5 Å². The van der Waals surface area contributed by atoms with Crippen LogP contribution in [0.1, 0.15) is 30.5 Å². The predicted molar refractivity (Wildman–Crippen MR) is 98.2 cm³/mol. The van der Waals surface area contributed by atoms with Crippen molar-refractivity contribution in [2.45, 2.75) is 40.0 Å². The van der Waals surface area contributed by atoms with Crippen LogP contribution in [0.2, 0.25) is 0 Å². The Morgan fingerprint density at radius 1 is 1.09 bits per heavy atom. The molecule has 0 fully saturated rings. The van der Waals surface area contributed by atoms with Crippen molar-refractivity contribution in [3.63, 3.8) is 0 Å². The van der Waals surface area contributed by atoms with E-state index in [2.05, 4.69) is 66.3 Å². The first-order valence-corrected chi connectivity index (χ1v) is 8.57. The minimum Gasteiger partial charge on any atom is -0.493 e. The number of hydrogen-bond donors (Lipinski definition) is 1. The molecule has 0 saturated carbocycles. The van der Waals surface area contributed by atoms with Crippen molar-refractivity contribution in [3.8, 4) is 11.5 Å². The summed E-state index contributed by atoms with van der Waals surface area (Å²) in [5.74, 6) is 1.54. The van der Waals surface area contributed by atoms with Gasteiger partial charge in [0, 0.05) is 22.6 Å². The smallest absolute Gasteiger partial charge is 0.167 e. The minimum atomic E-state index is 0.401. The third kappa shape index (κ3) is 4.98. The summed E-state index contributed by atoms with van der Waals surface area (Å²) in [5, 5.41) is 3.43. The van der Waals surface area contributed by atoms with E-state index in [1.807, 2.05) is 12.1 Å². The number of benzene rings is 2. The fourth-order valence-corrected chi connectivity index (χ4v) is 2.66. The molecule has 2 aromatic rings. The molecule has 0 spiro atoms. The molecule has 0 amide bonds. The molecule has 1 N–H and O–H groups in total. The van der Waals surface area contributed by atoms with Gasteiger partial charge in [-0.25, -0.2) is 0 Å². The first-order valence-electron chi connectivity index (χ1n) is 7.78. The fraction of sp³-hybridized carbons (Fsp3) is 0.368. The van der Waals surface area contributed by atoms with Crippen molar-refractivity contribution < 1.29 is 9.47 Å². The monoisotopic (exact) mass is 377 g/mol. The van der Waals surface area contributed by atoms with E-state index in [0.717, 1.165) is 33.6 Å². The summed E-state index contributed by atoms with van der Waals surface area (Å²) in [7, 11) is 1.67. The van der Waals surface area contributed by atoms with Gasteiger partial charge in [-0.15, -0.1) is 0 Å². The van der Waals surface area contributed by atoms with Crippen molar-refractivity contribution in [1.82, 2.24) is 5.32 Å². The standard InChI is InChI=1S/C19H24BrNO2/c1-13(2)21-11-16-17(20)9-10-18(22-4)19(16)23-12-15-7-5-14(3)6-8-15/h5-10,13,21H,11-12H2,1-4H3. The highest BCUT2D eigenvalue weighted by Gasteiger charge is 2.15. The van der Waals surface area contributed by atoms with Crippen LogP contribution in [0.15, 0.2) is 40.9 Å². The van der Waals surface area contributed by atoms with Crippen LogP contribution in [0.4, 0.5) is 0 Å². The summed E-state index contributed by atoms with van der Waals surface area (Å²) < 4.78 is 12.6. The highest BCUT2D eigenvalue weighted by Crippen LogP contribution is 2.36. The Labute approximate surface area is 147 Å². The molecule has 4 heteroatoms. The van der Waals surface area contributed by atoms with E-state index < -0.39 is 0 Å². The molecular formula is C19H24BrNO2. The van der Waals surface area contributed by atoms with E-state index in [4.69, 9.17) is 9.47 Å². The Kier molecular flexibility index (Phi) is 6.48. The molecule has 0 aliphatic rings. The van der Waals surface area contributed by atoms with E-state index in [-0.39, 0.29) is 0 Å². The highest BCUT2D eigenvalue weighted by molar-refractivity contribution is 9.10. The molecule has 124 valence electrons. The van der Waals surface area contributed by atoms with Gasteiger partial charge >= 0.3 is 0 Å². The SMILES string of the molecule is COc1ccc(Br)c(CNC(C)C)c1OCc1ccc(C)cc1. The van der Waals surface area contributed by atoms with Crippen LogP contribution >= 0.6 is 15.9 Å². The summed E-state index contributed by atoms with van der Waals surface area (Å²) in [5.41, 5.74) is 3.46. The largest absolute Gasteiger partial charge is 0.493 e. The minimum absolute atomic E-state index is 0.401. The quantitative estimate of drug-likeness (QED) is 0.748. The predicted octanol–water partition coefficient (Wildman–Crippen LogP) is 4.84. The average Bonchev–Trinajstić information content (AvgIpc) is 2.53. The van der Waals surface area contributed by atoms with Crippen molar-refractivity contribution >= 4 is 15.9 Å². The molecule has 0 atom stereocenters. The lowest BCUT2D eigenvalue weighted by Gasteiger charge is -2.18. The number of hydrogen-bond acceptors (Lipinski definition) is 3. The van der Waals surface area contributed by atoms with Gasteiger partial charge in [0.2, 0.25) is 0 Å². The van der Waals surface area contributed by atoms with Gasteiger partial charge in [-0.3, -0.25) is 0 Å². The van der Waals surface area contributed by atoms with Gasteiger partial charge in [0.15, 0.2) is 11.5 Å². The summed E-state index contributed by atoms with van der Waals surface area (Å²) >= 11 is 3.62. The molecule has 0 heterocycles. The second-order valence-electron chi connectivity index (χ2n) is 5.87. The van der Waals surface area contributed by atoms with Crippen LogP contribution in [0.3, 0.4) is 0 Å². The molecule has 0 aliphatic carbocycles. The lowest BCUT2D eigenvalue weighted by molar-refractivity contribution is 0.280. The Bertz CT molecular complexity index is 639. The Morgan fingerprint density at radius 3 is 2.39 bits per heavy atom. The van der Waals surface area contributed by atoms with Crippen molar-refractivity contribution in [1.29, 1.82) is 0 Å². The van der Waals surface area contributed by atoms with Gasteiger partial charge in [-0.2, -0.15) is 0 Å². The Morgan fingerprint density at radius 2 is 1.78 bits per heavy atom. The molecule has 0 saturated heterocycles. The van der Waals surface area contributed by atoms with E-state index in [1.54, 1.807) is 7.11 Å². The maximum absolute atomic E-state index is 6.10. The zero-order valence-electron chi connectivity index (χ0n) is 14.2. The third-order valence-corrected chi connectivity index (χ3v) is 4.32. The zero-order valence-corrected chi connectivity index (χ0v) is 15.7. The molecule has 3 nitrogen and oxygen atoms in total. The summed E-state index contributed by atoms with van der Waals surface area (Å²) in [4.78, 5) is 0. The van der Waals surface area contributed by atoms with Gasteiger partial charge in [-0.05, 0) is 24.6 Å². The average molecular weight is 378 g/mol. The van der Waals surface area contributed by atoms with Gasteiger partial charge in [-0.1, -0.05) is 59.6 Å². The lowest BCUT2D eigenvalue weighted by atomic mass is 10.1. The molecule has 2 rings (SSSR count).